The lowest BCUT2D eigenvalue weighted by molar-refractivity contribution is -0.385. The molecule has 1 aromatic carbocycles. The summed E-state index contributed by atoms with van der Waals surface area (Å²) >= 11 is 6.82. The lowest BCUT2D eigenvalue weighted by Gasteiger charge is -2.09. The predicted molar refractivity (Wildman–Crippen MR) is 89.2 cm³/mol. The Bertz CT molecular complexity index is 744. The van der Waals surface area contributed by atoms with E-state index < -0.39 is 11.0 Å². The number of nitro groups is 1. The molecule has 0 unspecified atom stereocenters. The van der Waals surface area contributed by atoms with Crippen LogP contribution in [0.15, 0.2) is 36.5 Å². The largest absolute Gasteiger partial charge is 0.437 e. The lowest BCUT2D eigenvalue weighted by atomic mass is 10.3. The highest BCUT2D eigenvalue weighted by molar-refractivity contribution is 7.96. The fraction of sp³-hybridized carbons (Fsp3) is 0.0769. The zero-order valence-corrected chi connectivity index (χ0v) is 13.8. The molecular weight excluding hydrogens is 360 g/mol. The third kappa shape index (κ3) is 4.89. The quantitative estimate of drug-likeness (QED) is 0.341. The van der Waals surface area contributed by atoms with Crippen LogP contribution in [-0.2, 0) is 4.18 Å². The lowest BCUT2D eigenvalue weighted by Crippen LogP contribution is -2.16. The smallest absolute Gasteiger partial charge is 0.420 e. The molecule has 1 heterocycles. The molecule has 2 N–H and O–H groups in total. The van der Waals surface area contributed by atoms with Gasteiger partial charge in [-0.2, -0.15) is 0 Å². The summed E-state index contributed by atoms with van der Waals surface area (Å²) in [6, 6.07) is 7.43. The number of nitrogens with zero attached hydrogens (tertiary/aromatic N) is 2. The normalized spacial score (nSPS) is 9.92. The van der Waals surface area contributed by atoms with Gasteiger partial charge in [0.05, 0.1) is 9.95 Å². The highest BCUT2D eigenvalue weighted by atomic mass is 35.5. The molecule has 1 aromatic heterocycles. The number of aromatic nitrogens is 1. The molecular formula is C13H11ClN4O5S. The van der Waals surface area contributed by atoms with Crippen molar-refractivity contribution in [3.8, 4) is 11.6 Å². The number of hydrogen-bond acceptors (Lipinski definition) is 8. The van der Waals surface area contributed by atoms with Gasteiger partial charge in [0.2, 0.25) is 5.88 Å². The first kappa shape index (κ1) is 17.6. The Morgan fingerprint density at radius 3 is 2.75 bits per heavy atom. The number of halogens is 1. The zero-order valence-electron chi connectivity index (χ0n) is 12.2. The van der Waals surface area contributed by atoms with Crippen LogP contribution in [0, 0.1) is 10.1 Å². The number of ether oxygens (including phenoxy) is 1. The minimum Gasteiger partial charge on any atom is -0.437 e. The zero-order chi connectivity index (χ0) is 17.5. The van der Waals surface area contributed by atoms with E-state index in [1.807, 2.05) is 0 Å². The Balaban J connectivity index is 1.99. The molecule has 126 valence electrons. The number of amides is 1. The molecule has 9 nitrogen and oxygen atoms in total. The topological polar surface area (TPSA) is 116 Å². The van der Waals surface area contributed by atoms with E-state index in [1.165, 1.54) is 19.2 Å². The predicted octanol–water partition coefficient (Wildman–Crippen LogP) is 3.77. The molecule has 0 fully saturated rings. The Kier molecular flexibility index (Phi) is 6.04. The second-order valence-corrected chi connectivity index (χ2v) is 5.11. The van der Waals surface area contributed by atoms with Gasteiger partial charge in [-0.25, -0.2) is 9.78 Å². The average molecular weight is 371 g/mol. The monoisotopic (exact) mass is 370 g/mol. The third-order valence-corrected chi connectivity index (χ3v) is 3.41. The molecule has 0 aliphatic carbocycles. The SMILES string of the molecule is CNC(=O)OSNc1ccc(Oc2ccc([N+](=O)[O-])cn2)c(Cl)c1. The number of anilines is 1. The van der Waals surface area contributed by atoms with Crippen LogP contribution < -0.4 is 14.8 Å². The third-order valence-electron chi connectivity index (χ3n) is 2.56. The minimum atomic E-state index is -0.595. The fourth-order valence-corrected chi connectivity index (χ4v) is 2.09. The highest BCUT2D eigenvalue weighted by Gasteiger charge is 2.09. The van der Waals surface area contributed by atoms with Crippen LogP contribution in [0.4, 0.5) is 16.2 Å². The van der Waals surface area contributed by atoms with Gasteiger partial charge >= 0.3 is 6.09 Å². The van der Waals surface area contributed by atoms with E-state index in [2.05, 4.69) is 15.0 Å². The van der Waals surface area contributed by atoms with Gasteiger partial charge in [0, 0.05) is 24.9 Å². The summed E-state index contributed by atoms with van der Waals surface area (Å²) in [7, 11) is 1.44. The minimum absolute atomic E-state index is 0.138. The van der Waals surface area contributed by atoms with Gasteiger partial charge in [0.25, 0.3) is 5.69 Å². The summed E-state index contributed by atoms with van der Waals surface area (Å²) < 4.78 is 12.9. The van der Waals surface area contributed by atoms with E-state index >= 15 is 0 Å². The molecule has 0 atom stereocenters. The molecule has 2 rings (SSSR count). The van der Waals surface area contributed by atoms with Crippen LogP contribution in [0.1, 0.15) is 0 Å². The van der Waals surface area contributed by atoms with Crippen molar-refractivity contribution < 1.29 is 18.6 Å². The van der Waals surface area contributed by atoms with Gasteiger partial charge < -0.3 is 14.2 Å². The Hall–Kier alpha value is -2.72. The molecule has 0 saturated carbocycles. The van der Waals surface area contributed by atoms with Gasteiger partial charge in [0.1, 0.15) is 11.9 Å². The second kappa shape index (κ2) is 8.22. The van der Waals surface area contributed by atoms with Gasteiger partial charge in [-0.15, -0.1) is 0 Å². The van der Waals surface area contributed by atoms with E-state index in [-0.39, 0.29) is 16.6 Å². The van der Waals surface area contributed by atoms with Crippen LogP contribution in [0.5, 0.6) is 11.6 Å². The average Bonchev–Trinajstić information content (AvgIpc) is 2.57. The number of hydrogen-bond donors (Lipinski definition) is 2. The first-order valence-electron chi connectivity index (χ1n) is 6.38. The molecule has 0 spiro atoms. The molecule has 0 aliphatic heterocycles. The maximum atomic E-state index is 10.9. The Morgan fingerprint density at radius 2 is 2.17 bits per heavy atom. The first-order chi connectivity index (χ1) is 11.5. The van der Waals surface area contributed by atoms with E-state index in [0.717, 1.165) is 18.4 Å². The molecule has 0 radical (unpaired) electrons. The van der Waals surface area contributed by atoms with Crippen LogP contribution in [-0.4, -0.2) is 23.0 Å². The van der Waals surface area contributed by atoms with Crippen LogP contribution in [0.2, 0.25) is 5.02 Å². The molecule has 1 amide bonds. The fourth-order valence-electron chi connectivity index (χ4n) is 1.45. The number of nitrogens with one attached hydrogen (secondary N) is 2. The van der Waals surface area contributed by atoms with Crippen molar-refractivity contribution in [1.29, 1.82) is 0 Å². The van der Waals surface area contributed by atoms with Crippen molar-refractivity contribution in [1.82, 2.24) is 10.3 Å². The number of carbonyl (C=O) groups excluding carboxylic acids is 1. The maximum absolute atomic E-state index is 10.9. The van der Waals surface area contributed by atoms with Crippen molar-refractivity contribution in [2.45, 2.75) is 0 Å². The van der Waals surface area contributed by atoms with Gasteiger partial charge in [-0.1, -0.05) is 11.6 Å². The second-order valence-electron chi connectivity index (χ2n) is 4.17. The van der Waals surface area contributed by atoms with Gasteiger partial charge in [-0.05, 0) is 18.2 Å². The summed E-state index contributed by atoms with van der Waals surface area (Å²) in [5.41, 5.74) is 0.444. The van der Waals surface area contributed by atoms with Crippen molar-refractivity contribution in [3.63, 3.8) is 0 Å². The molecule has 24 heavy (non-hydrogen) atoms. The summed E-state index contributed by atoms with van der Waals surface area (Å²) in [5.74, 6) is 0.487. The molecule has 0 aliphatic rings. The van der Waals surface area contributed by atoms with Crippen LogP contribution >= 0.6 is 23.8 Å². The van der Waals surface area contributed by atoms with Crippen molar-refractivity contribution in [3.05, 3.63) is 51.7 Å². The molecule has 0 saturated heterocycles. The summed E-state index contributed by atoms with van der Waals surface area (Å²) in [6.07, 6.45) is 0.495. The van der Waals surface area contributed by atoms with E-state index in [1.54, 1.807) is 18.2 Å². The maximum Gasteiger partial charge on any atom is 0.420 e. The van der Waals surface area contributed by atoms with Crippen LogP contribution in [0.3, 0.4) is 0 Å². The van der Waals surface area contributed by atoms with Gasteiger partial charge in [0.15, 0.2) is 12.2 Å². The molecule has 2 aromatic rings. The van der Waals surface area contributed by atoms with Crippen molar-refractivity contribution in [2.75, 3.05) is 11.8 Å². The molecule has 11 heteroatoms. The number of rotatable bonds is 6. The van der Waals surface area contributed by atoms with Crippen molar-refractivity contribution >= 4 is 41.3 Å². The Morgan fingerprint density at radius 1 is 1.38 bits per heavy atom. The number of pyridine rings is 1. The summed E-state index contributed by atoms with van der Waals surface area (Å²) in [4.78, 5) is 24.7. The van der Waals surface area contributed by atoms with Crippen molar-refractivity contribution in [2.24, 2.45) is 0 Å². The Labute approximate surface area is 145 Å². The summed E-state index contributed by atoms with van der Waals surface area (Å²) in [6.45, 7) is 0. The first-order valence-corrected chi connectivity index (χ1v) is 7.50. The highest BCUT2D eigenvalue weighted by Crippen LogP contribution is 2.32. The number of carbonyl (C=O) groups is 1. The number of benzene rings is 1. The summed E-state index contributed by atoms with van der Waals surface area (Å²) in [5, 5.41) is 13.1. The molecule has 0 bridgehead atoms. The van der Waals surface area contributed by atoms with E-state index in [0.29, 0.717) is 11.4 Å². The standard InChI is InChI=1S/C13H11ClN4O5S/c1-15-13(19)23-24-17-8-2-4-11(10(14)6-8)22-12-5-3-9(7-16-12)18(20)21/h2-7,17H,1H3,(H,15,19). The van der Waals surface area contributed by atoms with E-state index in [4.69, 9.17) is 20.5 Å². The van der Waals surface area contributed by atoms with Gasteiger partial charge in [-0.3, -0.25) is 14.8 Å². The van der Waals surface area contributed by atoms with E-state index in [9.17, 15) is 14.9 Å². The van der Waals surface area contributed by atoms with Crippen LogP contribution in [0.25, 0.3) is 0 Å².